The fourth-order valence-corrected chi connectivity index (χ4v) is 3.09. The highest BCUT2D eigenvalue weighted by molar-refractivity contribution is 5.90. The molecule has 2 amide bonds. The molecule has 1 aliphatic heterocycles. The highest BCUT2D eigenvalue weighted by Gasteiger charge is 2.30. The average Bonchev–Trinajstić information content (AvgIpc) is 3.19. The van der Waals surface area contributed by atoms with E-state index in [1.165, 1.54) is 19.3 Å². The summed E-state index contributed by atoms with van der Waals surface area (Å²) >= 11 is 0. The first-order chi connectivity index (χ1) is 10.6. The number of aromatic nitrogens is 2. The van der Waals surface area contributed by atoms with Gasteiger partial charge in [0.25, 0.3) is 5.91 Å². The number of nitrogens with zero attached hydrogens (tertiary/aromatic N) is 3. The lowest BCUT2D eigenvalue weighted by molar-refractivity contribution is -0.132. The number of hydrogen-bond donors (Lipinski definition) is 1. The summed E-state index contributed by atoms with van der Waals surface area (Å²) in [6.07, 6.45) is 9.63. The molecule has 1 aromatic heterocycles. The van der Waals surface area contributed by atoms with E-state index in [9.17, 15) is 9.59 Å². The lowest BCUT2D eigenvalue weighted by atomic mass is 10.1. The summed E-state index contributed by atoms with van der Waals surface area (Å²) in [5.41, 5.74) is 5.58. The van der Waals surface area contributed by atoms with Gasteiger partial charge in [0.1, 0.15) is 18.1 Å². The molecule has 0 unspecified atom stereocenters. The Morgan fingerprint density at radius 3 is 2.36 bits per heavy atom. The van der Waals surface area contributed by atoms with Crippen LogP contribution in [0.4, 0.5) is 0 Å². The highest BCUT2D eigenvalue weighted by atomic mass is 16.2. The Balaban J connectivity index is 1.70. The number of carbonyl (C=O) groups is 2. The zero-order valence-electron chi connectivity index (χ0n) is 13.0. The van der Waals surface area contributed by atoms with Crippen LogP contribution in [0, 0.1) is 0 Å². The van der Waals surface area contributed by atoms with Crippen LogP contribution < -0.4 is 5.73 Å². The Morgan fingerprint density at radius 1 is 1.14 bits per heavy atom. The second-order valence-electron chi connectivity index (χ2n) is 6.40. The van der Waals surface area contributed by atoms with Crippen LogP contribution in [-0.4, -0.2) is 39.4 Å². The number of amides is 2. The summed E-state index contributed by atoms with van der Waals surface area (Å²) in [6.45, 7) is 1.95. The van der Waals surface area contributed by atoms with E-state index in [1.807, 2.05) is 9.47 Å². The Bertz CT molecular complexity index is 554. The molecule has 2 heterocycles. The van der Waals surface area contributed by atoms with Gasteiger partial charge in [-0.15, -0.1) is 0 Å². The van der Waals surface area contributed by atoms with Crippen LogP contribution in [0.2, 0.25) is 0 Å². The van der Waals surface area contributed by atoms with E-state index in [0.717, 1.165) is 44.6 Å². The van der Waals surface area contributed by atoms with Crippen LogP contribution in [0.5, 0.6) is 0 Å². The molecule has 6 heteroatoms. The maximum Gasteiger partial charge on any atom is 0.268 e. The van der Waals surface area contributed by atoms with E-state index in [1.54, 1.807) is 6.20 Å². The molecule has 2 N–H and O–H groups in total. The highest BCUT2D eigenvalue weighted by Crippen LogP contribution is 2.39. The van der Waals surface area contributed by atoms with Crippen molar-refractivity contribution in [3.63, 3.8) is 0 Å². The zero-order chi connectivity index (χ0) is 15.5. The summed E-state index contributed by atoms with van der Waals surface area (Å²) in [7, 11) is 0. The number of imidazole rings is 1. The van der Waals surface area contributed by atoms with Crippen molar-refractivity contribution in [1.29, 1.82) is 0 Å². The summed E-state index contributed by atoms with van der Waals surface area (Å²) in [4.78, 5) is 30.2. The quantitative estimate of drug-likeness (QED) is 0.918. The van der Waals surface area contributed by atoms with E-state index >= 15 is 0 Å². The zero-order valence-corrected chi connectivity index (χ0v) is 13.0. The Labute approximate surface area is 130 Å². The molecule has 120 valence electrons. The van der Waals surface area contributed by atoms with Gasteiger partial charge >= 0.3 is 0 Å². The van der Waals surface area contributed by atoms with E-state index in [4.69, 9.17) is 5.73 Å². The van der Waals surface area contributed by atoms with Gasteiger partial charge in [-0.2, -0.15) is 0 Å². The summed E-state index contributed by atoms with van der Waals surface area (Å²) in [6, 6.07) is 0. The second kappa shape index (κ2) is 6.50. The predicted octanol–water partition coefficient (Wildman–Crippen LogP) is 1.65. The van der Waals surface area contributed by atoms with E-state index in [2.05, 4.69) is 4.98 Å². The van der Waals surface area contributed by atoms with E-state index in [0.29, 0.717) is 5.92 Å². The van der Waals surface area contributed by atoms with Gasteiger partial charge in [-0.1, -0.05) is 19.3 Å². The molecule has 6 nitrogen and oxygen atoms in total. The number of likely N-dealkylation sites (tertiary alicyclic amines) is 1. The summed E-state index contributed by atoms with van der Waals surface area (Å²) < 4.78 is 1.83. The SMILES string of the molecule is NC(=O)c1cn(CC(=O)N2CCCCCCC2)c(C2CC2)n1. The average molecular weight is 304 g/mol. The van der Waals surface area contributed by atoms with Crippen molar-refractivity contribution >= 4 is 11.8 Å². The molecule has 22 heavy (non-hydrogen) atoms. The van der Waals surface area contributed by atoms with Crippen molar-refractivity contribution < 1.29 is 9.59 Å². The van der Waals surface area contributed by atoms with Crippen molar-refractivity contribution in [2.24, 2.45) is 5.73 Å². The molecule has 0 radical (unpaired) electrons. The van der Waals surface area contributed by atoms with Crippen molar-refractivity contribution in [2.45, 2.75) is 57.4 Å². The third-order valence-electron chi connectivity index (χ3n) is 4.52. The molecule has 1 saturated carbocycles. The lowest BCUT2D eigenvalue weighted by Gasteiger charge is -2.25. The number of nitrogens with two attached hydrogens (primary N) is 1. The molecule has 0 spiro atoms. The van der Waals surface area contributed by atoms with Crippen molar-refractivity contribution in [3.05, 3.63) is 17.7 Å². The normalized spacial score (nSPS) is 19.5. The molecular formula is C16H24N4O2. The fourth-order valence-electron chi connectivity index (χ4n) is 3.09. The molecule has 1 aliphatic carbocycles. The van der Waals surface area contributed by atoms with Gasteiger partial charge in [-0.25, -0.2) is 4.98 Å². The number of carbonyl (C=O) groups excluding carboxylic acids is 2. The number of hydrogen-bond acceptors (Lipinski definition) is 3. The minimum absolute atomic E-state index is 0.122. The van der Waals surface area contributed by atoms with Gasteiger partial charge in [0, 0.05) is 25.2 Å². The minimum atomic E-state index is -0.528. The van der Waals surface area contributed by atoms with Gasteiger partial charge in [0.2, 0.25) is 5.91 Å². The topological polar surface area (TPSA) is 81.2 Å². The largest absolute Gasteiger partial charge is 0.364 e. The van der Waals surface area contributed by atoms with Crippen LogP contribution in [0.3, 0.4) is 0 Å². The Hall–Kier alpha value is -1.85. The summed E-state index contributed by atoms with van der Waals surface area (Å²) in [5.74, 6) is 0.819. The first kappa shape index (κ1) is 15.1. The van der Waals surface area contributed by atoms with Crippen molar-refractivity contribution in [2.75, 3.05) is 13.1 Å². The third-order valence-corrected chi connectivity index (χ3v) is 4.52. The summed E-state index contributed by atoms with van der Waals surface area (Å²) in [5, 5.41) is 0. The lowest BCUT2D eigenvalue weighted by Crippen LogP contribution is -2.36. The number of rotatable bonds is 4. The molecule has 2 fully saturated rings. The molecule has 3 rings (SSSR count). The first-order valence-electron chi connectivity index (χ1n) is 8.30. The molecule has 1 saturated heterocycles. The van der Waals surface area contributed by atoms with Crippen LogP contribution in [0.15, 0.2) is 6.20 Å². The maximum atomic E-state index is 12.6. The molecular weight excluding hydrogens is 280 g/mol. The standard InChI is InChI=1S/C16H24N4O2/c17-15(22)13-10-20(16(18-13)12-6-7-12)11-14(21)19-8-4-2-1-3-5-9-19/h10,12H,1-9,11H2,(H2,17,22). The van der Waals surface area contributed by atoms with Gasteiger partial charge in [0.15, 0.2) is 0 Å². The van der Waals surface area contributed by atoms with E-state index in [-0.39, 0.29) is 18.1 Å². The first-order valence-corrected chi connectivity index (χ1v) is 8.30. The van der Waals surface area contributed by atoms with Crippen LogP contribution >= 0.6 is 0 Å². The van der Waals surface area contributed by atoms with Crippen LogP contribution in [0.1, 0.15) is 67.2 Å². The van der Waals surface area contributed by atoms with Gasteiger partial charge in [-0.3, -0.25) is 9.59 Å². The van der Waals surface area contributed by atoms with Crippen molar-refractivity contribution in [1.82, 2.24) is 14.5 Å². The van der Waals surface area contributed by atoms with Gasteiger partial charge in [0.05, 0.1) is 0 Å². The fraction of sp³-hybridized carbons (Fsp3) is 0.688. The third kappa shape index (κ3) is 3.48. The van der Waals surface area contributed by atoms with E-state index < -0.39 is 5.91 Å². The maximum absolute atomic E-state index is 12.6. The minimum Gasteiger partial charge on any atom is -0.364 e. The Kier molecular flexibility index (Phi) is 4.45. The second-order valence-corrected chi connectivity index (χ2v) is 6.40. The molecule has 1 aromatic rings. The molecule has 0 bridgehead atoms. The van der Waals surface area contributed by atoms with Gasteiger partial charge < -0.3 is 15.2 Å². The predicted molar refractivity (Wildman–Crippen MR) is 82.4 cm³/mol. The van der Waals surface area contributed by atoms with Crippen LogP contribution in [-0.2, 0) is 11.3 Å². The Morgan fingerprint density at radius 2 is 1.77 bits per heavy atom. The van der Waals surface area contributed by atoms with Crippen molar-refractivity contribution in [3.8, 4) is 0 Å². The molecule has 0 atom stereocenters. The molecule has 0 aromatic carbocycles. The number of primary amides is 1. The monoisotopic (exact) mass is 304 g/mol. The van der Waals surface area contributed by atoms with Crippen LogP contribution in [0.25, 0.3) is 0 Å². The smallest absolute Gasteiger partial charge is 0.268 e. The molecule has 2 aliphatic rings. The van der Waals surface area contributed by atoms with Gasteiger partial charge in [-0.05, 0) is 25.7 Å².